The average Bonchev–Trinajstić information content (AvgIpc) is 3.21. The van der Waals surface area contributed by atoms with Gasteiger partial charge in [0.2, 0.25) is 11.5 Å². The fraction of sp³-hybridized carbons (Fsp3) is 0.326. The van der Waals surface area contributed by atoms with Gasteiger partial charge in [-0.3, -0.25) is 9.88 Å². The number of nitrogens with zero attached hydrogens (tertiary/aromatic N) is 3. The Bertz CT molecular complexity index is 2150. The molecule has 4 aromatic carbocycles. The van der Waals surface area contributed by atoms with Gasteiger partial charge in [-0.2, -0.15) is 0 Å². The van der Waals surface area contributed by atoms with Crippen LogP contribution in [-0.4, -0.2) is 86.3 Å². The molecule has 11 nitrogen and oxygen atoms in total. The minimum atomic E-state index is -3.33. The van der Waals surface area contributed by atoms with E-state index in [0.29, 0.717) is 45.9 Å². The van der Waals surface area contributed by atoms with Crippen LogP contribution in [0.15, 0.2) is 96.0 Å². The van der Waals surface area contributed by atoms with Crippen LogP contribution in [0.2, 0.25) is 0 Å². The molecule has 6 rings (SSSR count). The van der Waals surface area contributed by atoms with Crippen molar-refractivity contribution in [3.8, 4) is 56.9 Å². The van der Waals surface area contributed by atoms with Crippen LogP contribution in [0.25, 0.3) is 22.4 Å². The van der Waals surface area contributed by atoms with Crippen molar-refractivity contribution in [2.45, 2.75) is 36.9 Å². The van der Waals surface area contributed by atoms with Gasteiger partial charge in [-0.05, 0) is 102 Å². The highest BCUT2D eigenvalue weighted by molar-refractivity contribution is 7.90. The van der Waals surface area contributed by atoms with Gasteiger partial charge in [0.1, 0.15) is 0 Å². The molecule has 0 aliphatic carbocycles. The number of hydrogen-bond donors (Lipinski definition) is 0. The Kier molecular flexibility index (Phi) is 12.4. The normalized spacial score (nSPS) is 13.6. The number of ether oxygens (including phenoxy) is 6. The molecule has 1 saturated heterocycles. The van der Waals surface area contributed by atoms with Crippen LogP contribution in [0.5, 0.6) is 34.5 Å². The lowest BCUT2D eigenvalue weighted by Crippen LogP contribution is -2.44. The highest BCUT2D eigenvalue weighted by atomic mass is 32.2. The van der Waals surface area contributed by atoms with Gasteiger partial charge in [-0.1, -0.05) is 18.2 Å². The van der Waals surface area contributed by atoms with Crippen LogP contribution >= 0.6 is 0 Å². The first-order chi connectivity index (χ1) is 26.6. The molecule has 1 aliphatic heterocycles. The van der Waals surface area contributed by atoms with Crippen LogP contribution < -0.4 is 33.3 Å². The van der Waals surface area contributed by atoms with Gasteiger partial charge < -0.3 is 33.3 Å². The van der Waals surface area contributed by atoms with Gasteiger partial charge in [-0.25, -0.2) is 8.42 Å². The molecule has 0 N–H and O–H groups in total. The van der Waals surface area contributed by atoms with E-state index in [9.17, 15) is 8.42 Å². The summed E-state index contributed by atoms with van der Waals surface area (Å²) in [6.45, 7) is 3.22. The second-order valence-corrected chi connectivity index (χ2v) is 15.5. The van der Waals surface area contributed by atoms with Crippen LogP contribution in [-0.2, 0) is 22.9 Å². The molecule has 290 valence electrons. The first-order valence-electron chi connectivity index (χ1n) is 18.0. The first kappa shape index (κ1) is 39.2. The predicted molar refractivity (Wildman–Crippen MR) is 215 cm³/mol. The van der Waals surface area contributed by atoms with E-state index in [1.54, 1.807) is 54.8 Å². The number of pyridine rings is 1. The Morgan fingerprint density at radius 2 is 1.22 bits per heavy atom. The summed E-state index contributed by atoms with van der Waals surface area (Å²) in [5.74, 6) is 3.42. The van der Waals surface area contributed by atoms with Crippen molar-refractivity contribution in [2.24, 2.45) is 0 Å². The molecule has 0 radical (unpaired) electrons. The van der Waals surface area contributed by atoms with Gasteiger partial charge in [0.25, 0.3) is 0 Å². The quantitative estimate of drug-likeness (QED) is 0.105. The van der Waals surface area contributed by atoms with Crippen LogP contribution in [0.1, 0.15) is 24.0 Å². The minimum absolute atomic E-state index is 0.234. The summed E-state index contributed by atoms with van der Waals surface area (Å²) in [7, 11) is 6.30. The van der Waals surface area contributed by atoms with Crippen molar-refractivity contribution in [2.75, 3.05) is 66.9 Å². The third kappa shape index (κ3) is 8.92. The summed E-state index contributed by atoms with van der Waals surface area (Å²) in [5, 5.41) is 0. The number of anilines is 1. The largest absolute Gasteiger partial charge is 0.493 e. The average molecular weight is 768 g/mol. The molecule has 2 heterocycles. The molecule has 0 saturated carbocycles. The Morgan fingerprint density at radius 3 is 1.75 bits per heavy atom. The first-order valence-corrected chi connectivity index (χ1v) is 19.9. The molecule has 0 bridgehead atoms. The van der Waals surface area contributed by atoms with E-state index in [0.717, 1.165) is 71.7 Å². The lowest BCUT2D eigenvalue weighted by molar-refractivity contribution is 0.201. The van der Waals surface area contributed by atoms with Crippen molar-refractivity contribution in [1.82, 2.24) is 9.88 Å². The Labute approximate surface area is 324 Å². The zero-order chi connectivity index (χ0) is 39.1. The maximum Gasteiger partial charge on any atom is 0.203 e. The molecule has 0 unspecified atom stereocenters. The maximum atomic E-state index is 12.3. The molecule has 0 amide bonds. The molecule has 1 aromatic heterocycles. The molecule has 1 fully saturated rings. The fourth-order valence-corrected chi connectivity index (χ4v) is 7.85. The number of methoxy groups -OCH3 is 6. The predicted octanol–water partition coefficient (Wildman–Crippen LogP) is 7.54. The number of sulfone groups is 1. The van der Waals surface area contributed by atoms with Crippen molar-refractivity contribution < 1.29 is 36.8 Å². The highest BCUT2D eigenvalue weighted by Gasteiger charge is 2.26. The zero-order valence-electron chi connectivity index (χ0n) is 32.5. The van der Waals surface area contributed by atoms with Crippen molar-refractivity contribution in [3.63, 3.8) is 0 Å². The summed E-state index contributed by atoms with van der Waals surface area (Å²) < 4.78 is 58.1. The Hall–Kier alpha value is -5.46. The lowest BCUT2D eigenvalue weighted by atomic mass is 9.98. The standard InChI is InChI=1S/C43H49N3O8S/c1-49-38-23-32(24-39(50-2)42(38)53-5)31-10-8-9-29(21-31)28-46(34-11-13-36(14-12-34)55(7,47)48)35-16-19-45(20-17-35)27-30-15-18-44-37(22-30)33-25-40(51-3)43(54-6)41(26-33)52-4/h8-15,18,21-26,35H,16-17,19-20,27-28H2,1-7H3. The van der Waals surface area contributed by atoms with E-state index in [1.165, 1.54) is 6.26 Å². The minimum Gasteiger partial charge on any atom is -0.493 e. The van der Waals surface area contributed by atoms with E-state index >= 15 is 0 Å². The topological polar surface area (TPSA) is 109 Å². The highest BCUT2D eigenvalue weighted by Crippen LogP contribution is 2.42. The van der Waals surface area contributed by atoms with Gasteiger partial charge >= 0.3 is 0 Å². The Morgan fingerprint density at radius 1 is 0.655 bits per heavy atom. The van der Waals surface area contributed by atoms with Gasteiger partial charge in [-0.15, -0.1) is 0 Å². The van der Waals surface area contributed by atoms with E-state index in [1.807, 2.05) is 42.6 Å². The summed E-state index contributed by atoms with van der Waals surface area (Å²) in [6.07, 6.45) is 4.95. The van der Waals surface area contributed by atoms with Crippen molar-refractivity contribution >= 4 is 15.5 Å². The third-order valence-corrected chi connectivity index (χ3v) is 11.2. The summed E-state index contributed by atoms with van der Waals surface area (Å²) in [5.41, 5.74) is 6.92. The molecular formula is C43H49N3O8S. The number of piperidine rings is 1. The number of benzene rings is 4. The van der Waals surface area contributed by atoms with E-state index in [4.69, 9.17) is 28.4 Å². The Balaban J connectivity index is 1.22. The maximum absolute atomic E-state index is 12.3. The number of hydrogen-bond acceptors (Lipinski definition) is 11. The summed E-state index contributed by atoms with van der Waals surface area (Å²) in [4.78, 5) is 9.84. The molecule has 5 aromatic rings. The number of likely N-dealkylation sites (tertiary alicyclic amines) is 1. The van der Waals surface area contributed by atoms with Crippen molar-refractivity contribution in [1.29, 1.82) is 0 Å². The lowest BCUT2D eigenvalue weighted by Gasteiger charge is -2.40. The molecule has 1 aliphatic rings. The summed E-state index contributed by atoms with van der Waals surface area (Å²) in [6, 6.07) is 27.8. The fourth-order valence-electron chi connectivity index (χ4n) is 7.22. The molecule has 0 spiro atoms. The van der Waals surface area contributed by atoms with Crippen LogP contribution in [0, 0.1) is 0 Å². The van der Waals surface area contributed by atoms with Gasteiger partial charge in [0.05, 0.1) is 53.2 Å². The van der Waals surface area contributed by atoms with E-state index in [2.05, 4.69) is 51.2 Å². The summed E-state index contributed by atoms with van der Waals surface area (Å²) >= 11 is 0. The van der Waals surface area contributed by atoms with E-state index < -0.39 is 9.84 Å². The van der Waals surface area contributed by atoms with Crippen LogP contribution in [0.4, 0.5) is 5.69 Å². The number of rotatable bonds is 15. The molecule has 12 heteroatoms. The van der Waals surface area contributed by atoms with Crippen LogP contribution in [0.3, 0.4) is 0 Å². The monoisotopic (exact) mass is 767 g/mol. The number of aromatic nitrogens is 1. The molecule has 55 heavy (non-hydrogen) atoms. The molecular weight excluding hydrogens is 719 g/mol. The van der Waals surface area contributed by atoms with Gasteiger partial charge in [0.15, 0.2) is 32.8 Å². The van der Waals surface area contributed by atoms with Gasteiger partial charge in [0, 0.05) is 55.9 Å². The second-order valence-electron chi connectivity index (χ2n) is 13.5. The van der Waals surface area contributed by atoms with E-state index in [-0.39, 0.29) is 6.04 Å². The second kappa shape index (κ2) is 17.3. The third-order valence-electron chi connectivity index (χ3n) is 10.1. The smallest absolute Gasteiger partial charge is 0.203 e. The SMILES string of the molecule is COc1cc(-c2cccc(CN(c3ccc(S(C)(=O)=O)cc3)C3CCN(Cc4ccnc(-c5cc(OC)c(OC)c(OC)c5)c4)CC3)c2)cc(OC)c1OC. The molecule has 0 atom stereocenters. The zero-order valence-corrected chi connectivity index (χ0v) is 33.3. The van der Waals surface area contributed by atoms with Crippen molar-refractivity contribution in [3.05, 3.63) is 102 Å².